The average molecular weight is 406 g/mol. The number of methoxy groups -OCH3 is 1. The van der Waals surface area contributed by atoms with E-state index in [2.05, 4.69) is 5.32 Å². The maximum Gasteiger partial charge on any atom is 0.304 e. The van der Waals surface area contributed by atoms with Crippen molar-refractivity contribution in [3.8, 4) is 5.75 Å². The lowest BCUT2D eigenvalue weighted by Gasteiger charge is -2.26. The molecule has 0 aliphatic carbocycles. The second-order valence-corrected chi connectivity index (χ2v) is 8.46. The lowest BCUT2D eigenvalue weighted by molar-refractivity contribution is -0.119. The van der Waals surface area contributed by atoms with E-state index in [0.29, 0.717) is 12.2 Å². The number of nitrogens with one attached hydrogen (secondary N) is 1. The zero-order valence-corrected chi connectivity index (χ0v) is 17.3. The van der Waals surface area contributed by atoms with Gasteiger partial charge in [0.15, 0.2) is 0 Å². The third-order valence-electron chi connectivity index (χ3n) is 4.21. The summed E-state index contributed by atoms with van der Waals surface area (Å²) in [5.74, 6) is 0.468. The van der Waals surface area contributed by atoms with E-state index < -0.39 is 10.2 Å². The van der Waals surface area contributed by atoms with Crippen LogP contribution in [-0.2, 0) is 21.4 Å². The number of aryl methyl sites for hydroxylation is 1. The number of carbonyl (C=O) groups excluding carboxylic acids is 1. The third kappa shape index (κ3) is 5.71. The molecule has 0 saturated heterocycles. The smallest absolute Gasteiger partial charge is 0.304 e. The maximum absolute atomic E-state index is 12.6. The van der Waals surface area contributed by atoms with Crippen molar-refractivity contribution in [2.45, 2.75) is 12.8 Å². The predicted octanol–water partition coefficient (Wildman–Crippen LogP) is 2.06. The standard InChI is InChI=1S/C20H27N3O4S/c1-22(2)28(25,26)23(18-12-5-4-6-13-18)16-20(24)21-15-9-11-17-10-7-8-14-19(17)27-3/h4-8,10,12-14H,9,11,15-16H2,1-3H3,(H,21,24). The fourth-order valence-electron chi connectivity index (χ4n) is 2.70. The van der Waals surface area contributed by atoms with Gasteiger partial charge < -0.3 is 10.1 Å². The number of carbonyl (C=O) groups is 1. The highest BCUT2D eigenvalue weighted by molar-refractivity contribution is 7.90. The lowest BCUT2D eigenvalue weighted by Crippen LogP contribution is -2.46. The number of rotatable bonds is 10. The summed E-state index contributed by atoms with van der Waals surface area (Å²) < 4.78 is 32.7. The first-order chi connectivity index (χ1) is 13.4. The largest absolute Gasteiger partial charge is 0.496 e. The van der Waals surface area contributed by atoms with E-state index in [9.17, 15) is 13.2 Å². The zero-order chi connectivity index (χ0) is 20.6. The van der Waals surface area contributed by atoms with Crippen molar-refractivity contribution in [3.05, 3.63) is 60.2 Å². The molecule has 0 atom stereocenters. The quantitative estimate of drug-likeness (QED) is 0.614. The summed E-state index contributed by atoms with van der Waals surface area (Å²) in [6.07, 6.45) is 1.47. The number of hydrogen-bond acceptors (Lipinski definition) is 4. The second kappa shape index (κ2) is 10.1. The van der Waals surface area contributed by atoms with Gasteiger partial charge in [-0.05, 0) is 36.6 Å². The Kier molecular flexibility index (Phi) is 7.83. The molecular formula is C20H27N3O4S. The number of benzene rings is 2. The van der Waals surface area contributed by atoms with Gasteiger partial charge in [-0.3, -0.25) is 4.79 Å². The minimum Gasteiger partial charge on any atom is -0.496 e. The molecule has 1 amide bonds. The van der Waals surface area contributed by atoms with Crippen molar-refractivity contribution < 1.29 is 17.9 Å². The Labute approximate surface area is 167 Å². The van der Waals surface area contributed by atoms with Gasteiger partial charge in [-0.15, -0.1) is 0 Å². The molecule has 7 nitrogen and oxygen atoms in total. The van der Waals surface area contributed by atoms with Crippen LogP contribution in [0.2, 0.25) is 0 Å². The van der Waals surface area contributed by atoms with Gasteiger partial charge in [-0.2, -0.15) is 12.7 Å². The zero-order valence-electron chi connectivity index (χ0n) is 16.5. The lowest BCUT2D eigenvalue weighted by atomic mass is 10.1. The predicted molar refractivity (Wildman–Crippen MR) is 111 cm³/mol. The van der Waals surface area contributed by atoms with Gasteiger partial charge in [-0.25, -0.2) is 4.31 Å². The third-order valence-corrected chi connectivity index (χ3v) is 6.03. The highest BCUT2D eigenvalue weighted by Gasteiger charge is 2.26. The normalized spacial score (nSPS) is 11.3. The van der Waals surface area contributed by atoms with Gasteiger partial charge in [-0.1, -0.05) is 36.4 Å². The van der Waals surface area contributed by atoms with Gasteiger partial charge in [0, 0.05) is 20.6 Å². The number of anilines is 1. The molecule has 0 heterocycles. The molecule has 0 aliphatic rings. The molecule has 0 radical (unpaired) electrons. The fraction of sp³-hybridized carbons (Fsp3) is 0.350. The first kappa shape index (κ1) is 21.7. The second-order valence-electron chi connectivity index (χ2n) is 6.40. The summed E-state index contributed by atoms with van der Waals surface area (Å²) >= 11 is 0. The van der Waals surface area contributed by atoms with Crippen LogP contribution in [0, 0.1) is 0 Å². The van der Waals surface area contributed by atoms with E-state index in [1.165, 1.54) is 14.1 Å². The van der Waals surface area contributed by atoms with Crippen LogP contribution in [0.3, 0.4) is 0 Å². The molecule has 0 aliphatic heterocycles. The highest BCUT2D eigenvalue weighted by atomic mass is 32.2. The van der Waals surface area contributed by atoms with Crippen molar-refractivity contribution >= 4 is 21.8 Å². The molecule has 0 saturated carbocycles. The molecule has 0 fully saturated rings. The van der Waals surface area contributed by atoms with E-state index in [-0.39, 0.29) is 12.5 Å². The number of para-hydroxylation sites is 2. The Morgan fingerprint density at radius 3 is 2.32 bits per heavy atom. The van der Waals surface area contributed by atoms with E-state index in [1.807, 2.05) is 24.3 Å². The molecule has 0 spiro atoms. The van der Waals surface area contributed by atoms with Crippen molar-refractivity contribution in [2.24, 2.45) is 0 Å². The van der Waals surface area contributed by atoms with E-state index in [0.717, 1.165) is 32.8 Å². The Bertz CT molecular complexity index is 870. The molecule has 2 aromatic rings. The number of ether oxygens (including phenoxy) is 1. The van der Waals surface area contributed by atoms with Crippen LogP contribution in [0.4, 0.5) is 5.69 Å². The molecule has 2 rings (SSSR count). The Balaban J connectivity index is 1.95. The Morgan fingerprint density at radius 2 is 1.68 bits per heavy atom. The van der Waals surface area contributed by atoms with Crippen LogP contribution in [0.1, 0.15) is 12.0 Å². The van der Waals surface area contributed by atoms with Crippen LogP contribution in [0.25, 0.3) is 0 Å². The van der Waals surface area contributed by atoms with E-state index in [1.54, 1.807) is 37.4 Å². The van der Waals surface area contributed by atoms with Gasteiger partial charge in [0.1, 0.15) is 12.3 Å². The fourth-order valence-corrected chi connectivity index (χ4v) is 3.76. The molecule has 28 heavy (non-hydrogen) atoms. The number of nitrogens with zero attached hydrogens (tertiary/aromatic N) is 2. The van der Waals surface area contributed by atoms with E-state index in [4.69, 9.17) is 4.74 Å². The summed E-state index contributed by atoms with van der Waals surface area (Å²) in [5, 5.41) is 2.80. The summed E-state index contributed by atoms with van der Waals surface area (Å²) in [6.45, 7) is 0.167. The van der Waals surface area contributed by atoms with Gasteiger partial charge >= 0.3 is 10.2 Å². The monoisotopic (exact) mass is 405 g/mol. The van der Waals surface area contributed by atoms with Gasteiger partial charge in [0.2, 0.25) is 5.91 Å². The van der Waals surface area contributed by atoms with Crippen LogP contribution in [0.5, 0.6) is 5.75 Å². The minimum absolute atomic E-state index is 0.279. The molecule has 2 aromatic carbocycles. The summed E-state index contributed by atoms with van der Waals surface area (Å²) in [5.41, 5.74) is 1.51. The van der Waals surface area contributed by atoms with Crippen LogP contribution >= 0.6 is 0 Å². The minimum atomic E-state index is -3.78. The Morgan fingerprint density at radius 1 is 1.04 bits per heavy atom. The van der Waals surface area contributed by atoms with Crippen molar-refractivity contribution in [2.75, 3.05) is 38.6 Å². The SMILES string of the molecule is COc1ccccc1CCCNC(=O)CN(c1ccccc1)S(=O)(=O)N(C)C. The van der Waals surface area contributed by atoms with Crippen molar-refractivity contribution in [3.63, 3.8) is 0 Å². The number of amides is 1. The summed E-state index contributed by atoms with van der Waals surface area (Å²) in [6, 6.07) is 16.3. The van der Waals surface area contributed by atoms with Crippen LogP contribution in [-0.4, -0.2) is 52.9 Å². The van der Waals surface area contributed by atoms with Crippen LogP contribution < -0.4 is 14.4 Å². The highest BCUT2D eigenvalue weighted by Crippen LogP contribution is 2.19. The van der Waals surface area contributed by atoms with Gasteiger partial charge in [0.05, 0.1) is 12.8 Å². The molecule has 0 unspecified atom stereocenters. The molecular weight excluding hydrogens is 378 g/mol. The molecule has 8 heteroatoms. The van der Waals surface area contributed by atoms with Crippen molar-refractivity contribution in [1.82, 2.24) is 9.62 Å². The van der Waals surface area contributed by atoms with Crippen molar-refractivity contribution in [1.29, 1.82) is 0 Å². The molecule has 152 valence electrons. The Hall–Kier alpha value is -2.58. The van der Waals surface area contributed by atoms with Gasteiger partial charge in [0.25, 0.3) is 0 Å². The molecule has 0 aromatic heterocycles. The maximum atomic E-state index is 12.6. The number of hydrogen-bond donors (Lipinski definition) is 1. The van der Waals surface area contributed by atoms with Crippen LogP contribution in [0.15, 0.2) is 54.6 Å². The first-order valence-electron chi connectivity index (χ1n) is 9.00. The summed E-state index contributed by atoms with van der Waals surface area (Å²) in [7, 11) is 0.730. The molecule has 1 N–H and O–H groups in total. The topological polar surface area (TPSA) is 79.0 Å². The molecule has 0 bridgehead atoms. The van der Waals surface area contributed by atoms with E-state index >= 15 is 0 Å². The average Bonchev–Trinajstić information content (AvgIpc) is 2.70. The summed E-state index contributed by atoms with van der Waals surface area (Å²) in [4.78, 5) is 12.4. The first-order valence-corrected chi connectivity index (χ1v) is 10.4.